The van der Waals surface area contributed by atoms with Crippen LogP contribution in [0, 0.1) is 11.6 Å². The van der Waals surface area contributed by atoms with Gasteiger partial charge in [-0.05, 0) is 73.2 Å². The fourth-order valence-corrected chi connectivity index (χ4v) is 3.94. The van der Waals surface area contributed by atoms with Crippen molar-refractivity contribution < 1.29 is 38.4 Å². The van der Waals surface area contributed by atoms with E-state index in [-0.39, 0.29) is 43.4 Å². The van der Waals surface area contributed by atoms with Crippen LogP contribution in [0.1, 0.15) is 24.0 Å². The number of fused-ring (bicyclic) bond motifs is 2. The van der Waals surface area contributed by atoms with E-state index in [0.29, 0.717) is 37.2 Å². The lowest BCUT2D eigenvalue weighted by Crippen LogP contribution is -2.46. The first kappa shape index (κ1) is 23.9. The van der Waals surface area contributed by atoms with E-state index in [0.717, 1.165) is 11.1 Å². The molecule has 7 nitrogen and oxygen atoms in total. The van der Waals surface area contributed by atoms with E-state index < -0.39 is 12.2 Å². The van der Waals surface area contributed by atoms with Gasteiger partial charge in [0.05, 0.1) is 0 Å². The summed E-state index contributed by atoms with van der Waals surface area (Å²) in [5.41, 5.74) is 1.62. The summed E-state index contributed by atoms with van der Waals surface area (Å²) in [4.78, 5) is 8.36. The van der Waals surface area contributed by atoms with Crippen LogP contribution in [-0.2, 0) is 17.6 Å². The molecule has 4 rings (SSSR count). The smallest absolute Gasteiger partial charge is 0.290 e. The van der Waals surface area contributed by atoms with Gasteiger partial charge < -0.3 is 30.1 Å². The maximum Gasteiger partial charge on any atom is 0.290 e. The standard InChI is InChI=1S/C22H25F2NO4.CH2O2/c23-15-3-7-19-13(9-15)1-5-21(28-19)17(26)11-25-12-18(27)22-6-2-14-10-16(24)4-8-20(14)29-22;2-1-3/h3-4,7-10,17-18,21-22,25-27H,1-2,5-6,11-12H2;1H,(H,2,3)/t17-,18-,21-,22+;/m1./s1. The average molecular weight is 451 g/mol. The molecule has 174 valence electrons. The van der Waals surface area contributed by atoms with E-state index in [1.807, 2.05) is 0 Å². The van der Waals surface area contributed by atoms with Gasteiger partial charge in [-0.1, -0.05) is 0 Å². The maximum atomic E-state index is 13.3. The lowest BCUT2D eigenvalue weighted by molar-refractivity contribution is -0.122. The van der Waals surface area contributed by atoms with Crippen LogP contribution in [0.3, 0.4) is 0 Å². The Balaban J connectivity index is 0.000000913. The van der Waals surface area contributed by atoms with Crippen LogP contribution in [0.2, 0.25) is 0 Å². The predicted molar refractivity (Wildman–Crippen MR) is 112 cm³/mol. The van der Waals surface area contributed by atoms with Crippen LogP contribution >= 0.6 is 0 Å². The van der Waals surface area contributed by atoms with Gasteiger partial charge in [0.2, 0.25) is 0 Å². The van der Waals surface area contributed by atoms with Crippen molar-refractivity contribution in [1.29, 1.82) is 0 Å². The second-order valence-corrected chi connectivity index (χ2v) is 7.79. The molecule has 0 unspecified atom stereocenters. The largest absolute Gasteiger partial charge is 0.487 e. The van der Waals surface area contributed by atoms with Crippen molar-refractivity contribution in [3.63, 3.8) is 0 Å². The summed E-state index contributed by atoms with van der Waals surface area (Å²) in [6.07, 6.45) is 0.214. The van der Waals surface area contributed by atoms with Gasteiger partial charge >= 0.3 is 0 Å². The van der Waals surface area contributed by atoms with Gasteiger partial charge in [0.25, 0.3) is 6.47 Å². The number of aryl methyl sites for hydroxylation is 2. The monoisotopic (exact) mass is 451 g/mol. The van der Waals surface area contributed by atoms with Gasteiger partial charge in [-0.2, -0.15) is 0 Å². The number of aliphatic hydroxyl groups excluding tert-OH is 2. The van der Waals surface area contributed by atoms with Crippen molar-refractivity contribution in [3.05, 3.63) is 59.2 Å². The van der Waals surface area contributed by atoms with Crippen LogP contribution in [0.25, 0.3) is 0 Å². The van der Waals surface area contributed by atoms with E-state index in [1.165, 1.54) is 24.3 Å². The van der Waals surface area contributed by atoms with Crippen molar-refractivity contribution in [1.82, 2.24) is 5.32 Å². The highest BCUT2D eigenvalue weighted by Crippen LogP contribution is 2.30. The minimum atomic E-state index is -0.753. The summed E-state index contributed by atoms with van der Waals surface area (Å²) in [5.74, 6) is 0.624. The molecule has 0 bridgehead atoms. The summed E-state index contributed by atoms with van der Waals surface area (Å²) in [7, 11) is 0. The first-order chi connectivity index (χ1) is 15.4. The molecule has 0 spiro atoms. The van der Waals surface area contributed by atoms with E-state index in [2.05, 4.69) is 5.32 Å². The second-order valence-electron chi connectivity index (χ2n) is 7.79. The van der Waals surface area contributed by atoms with Crippen LogP contribution < -0.4 is 14.8 Å². The number of carbonyl (C=O) groups is 1. The Kier molecular flexibility index (Phi) is 8.38. The van der Waals surface area contributed by atoms with Crippen molar-refractivity contribution in [2.24, 2.45) is 0 Å². The second kappa shape index (κ2) is 11.2. The number of nitrogens with one attached hydrogen (secondary N) is 1. The predicted octanol–water partition coefficient (Wildman–Crippen LogP) is 2.06. The molecule has 2 aromatic rings. The van der Waals surface area contributed by atoms with Crippen LogP contribution in [0.5, 0.6) is 11.5 Å². The Morgan fingerprint density at radius 2 is 1.31 bits per heavy atom. The number of aliphatic hydroxyl groups is 2. The van der Waals surface area contributed by atoms with Gasteiger partial charge in [-0.25, -0.2) is 8.78 Å². The SMILES string of the molecule is O=CO.O[C@H](CNC[C@@H](O)[C@H]1CCc2cc(F)ccc2O1)[C@@H]1CCc2cc(F)ccc2O1. The molecule has 0 saturated heterocycles. The van der Waals surface area contributed by atoms with Crippen molar-refractivity contribution in [2.45, 2.75) is 50.1 Å². The summed E-state index contributed by atoms with van der Waals surface area (Å²) < 4.78 is 38.2. The van der Waals surface area contributed by atoms with Crippen molar-refractivity contribution in [2.75, 3.05) is 13.1 Å². The molecule has 0 radical (unpaired) electrons. The third kappa shape index (κ3) is 6.15. The van der Waals surface area contributed by atoms with E-state index in [1.54, 1.807) is 12.1 Å². The molecule has 32 heavy (non-hydrogen) atoms. The molecule has 0 aliphatic carbocycles. The normalized spacial score (nSPS) is 20.9. The molecule has 2 aliphatic rings. The highest BCUT2D eigenvalue weighted by molar-refractivity contribution is 5.37. The lowest BCUT2D eigenvalue weighted by Gasteiger charge is -2.31. The zero-order chi connectivity index (χ0) is 23.1. The van der Waals surface area contributed by atoms with Crippen LogP contribution in [0.15, 0.2) is 36.4 Å². The fourth-order valence-electron chi connectivity index (χ4n) is 3.94. The van der Waals surface area contributed by atoms with Crippen LogP contribution in [0.4, 0.5) is 8.78 Å². The molecule has 9 heteroatoms. The van der Waals surface area contributed by atoms with Crippen molar-refractivity contribution >= 4 is 6.47 Å². The zero-order valence-electron chi connectivity index (χ0n) is 17.4. The number of benzene rings is 2. The number of rotatable bonds is 6. The van der Waals surface area contributed by atoms with Crippen molar-refractivity contribution in [3.8, 4) is 11.5 Å². The molecule has 4 atom stereocenters. The Labute approximate surface area is 184 Å². The summed E-state index contributed by atoms with van der Waals surface area (Å²) in [6.45, 7) is 0.263. The Bertz CT molecular complexity index is 843. The molecule has 0 saturated carbocycles. The highest BCUT2D eigenvalue weighted by Gasteiger charge is 2.29. The minimum Gasteiger partial charge on any atom is -0.487 e. The molecule has 0 amide bonds. The topological polar surface area (TPSA) is 108 Å². The van der Waals surface area contributed by atoms with E-state index in [9.17, 15) is 19.0 Å². The molecule has 2 aliphatic heterocycles. The first-order valence-electron chi connectivity index (χ1n) is 10.5. The number of halogens is 2. The molecule has 0 fully saturated rings. The lowest BCUT2D eigenvalue weighted by atomic mass is 9.98. The molecule has 0 aromatic heterocycles. The third-order valence-corrected chi connectivity index (χ3v) is 5.56. The molecule has 4 N–H and O–H groups in total. The van der Waals surface area contributed by atoms with Gasteiger partial charge in [0.1, 0.15) is 47.5 Å². The molecular formula is C23H27F2NO6. The van der Waals surface area contributed by atoms with Gasteiger partial charge in [-0.3, -0.25) is 4.79 Å². The van der Waals surface area contributed by atoms with E-state index in [4.69, 9.17) is 19.4 Å². The Hall–Kier alpha value is -2.75. The van der Waals surface area contributed by atoms with Crippen LogP contribution in [-0.4, -0.2) is 59.3 Å². The molecule has 2 heterocycles. The average Bonchev–Trinajstić information content (AvgIpc) is 2.78. The zero-order valence-corrected chi connectivity index (χ0v) is 17.4. The number of carboxylic acid groups (broad SMARTS) is 1. The van der Waals surface area contributed by atoms with Gasteiger partial charge in [0.15, 0.2) is 0 Å². The van der Waals surface area contributed by atoms with Gasteiger partial charge in [-0.15, -0.1) is 0 Å². The number of hydrogen-bond acceptors (Lipinski definition) is 6. The number of hydrogen-bond donors (Lipinski definition) is 4. The minimum absolute atomic E-state index is 0.250. The summed E-state index contributed by atoms with van der Waals surface area (Å²) >= 11 is 0. The quantitative estimate of drug-likeness (QED) is 0.498. The first-order valence-corrected chi connectivity index (χ1v) is 10.5. The highest BCUT2D eigenvalue weighted by atomic mass is 19.1. The maximum absolute atomic E-state index is 13.3. The summed E-state index contributed by atoms with van der Waals surface area (Å²) in [5, 5.41) is 30.8. The Morgan fingerprint density at radius 3 is 1.72 bits per heavy atom. The van der Waals surface area contributed by atoms with E-state index >= 15 is 0 Å². The molecular weight excluding hydrogens is 424 g/mol. The van der Waals surface area contributed by atoms with Gasteiger partial charge in [0, 0.05) is 13.1 Å². The Morgan fingerprint density at radius 1 is 0.906 bits per heavy atom. The number of ether oxygens (including phenoxy) is 2. The third-order valence-electron chi connectivity index (χ3n) is 5.56. The molecule has 2 aromatic carbocycles. The summed E-state index contributed by atoms with van der Waals surface area (Å²) in [6, 6.07) is 8.79. The fraction of sp³-hybridized carbons (Fsp3) is 0.435.